The molecule has 2 aromatic carbocycles. The fourth-order valence-electron chi connectivity index (χ4n) is 2.40. The maximum atomic E-state index is 13.5. The van der Waals surface area contributed by atoms with E-state index in [0.717, 1.165) is 0 Å². The van der Waals surface area contributed by atoms with Crippen LogP contribution in [0.2, 0.25) is 0 Å². The van der Waals surface area contributed by atoms with Crippen molar-refractivity contribution in [1.82, 2.24) is 0 Å². The van der Waals surface area contributed by atoms with Gasteiger partial charge in [0.05, 0.1) is 6.42 Å². The average molecular weight is 290 g/mol. The molecule has 2 aromatic rings. The van der Waals surface area contributed by atoms with Crippen LogP contribution in [0.5, 0.6) is 5.75 Å². The van der Waals surface area contributed by atoms with Gasteiger partial charge < -0.3 is 9.84 Å². The van der Waals surface area contributed by atoms with Gasteiger partial charge in [0, 0.05) is 12.3 Å². The number of rotatable bonds is 4. The number of hydrogen-bond acceptors (Lipinski definition) is 3. The van der Waals surface area contributed by atoms with E-state index in [9.17, 15) is 14.0 Å². The van der Waals surface area contributed by atoms with Gasteiger partial charge in [-0.2, -0.15) is 0 Å². The topological polar surface area (TPSA) is 63.6 Å². The Labute approximate surface area is 121 Å². The zero-order valence-electron chi connectivity index (χ0n) is 11.8. The van der Waals surface area contributed by atoms with Crippen molar-refractivity contribution < 1.29 is 23.8 Å². The lowest BCUT2D eigenvalue weighted by Crippen LogP contribution is -2.09. The van der Waals surface area contributed by atoms with Crippen LogP contribution in [-0.2, 0) is 22.4 Å². The summed E-state index contributed by atoms with van der Waals surface area (Å²) in [5.74, 6) is -1.69. The van der Waals surface area contributed by atoms with E-state index >= 15 is 0 Å². The molecule has 0 saturated heterocycles. The first-order valence-corrected chi connectivity index (χ1v) is 6.56. The Hall–Kier alpha value is -2.43. The largest absolute Gasteiger partial charge is 0.481 e. The molecular weight excluding hydrogens is 275 g/mol. The standard InChI is InChI=1S/C16H15FO4/c1-3-13-11(7-15(19)20)6-10-4-5-12(17)8-14(10)16(13)21-9(2)18/h4-6,8H,3,7H2,1-2H3,(H,19,20). The zero-order chi connectivity index (χ0) is 15.6. The third-order valence-electron chi connectivity index (χ3n) is 3.19. The Kier molecular flexibility index (Phi) is 4.21. The quantitative estimate of drug-likeness (QED) is 0.694. The van der Waals surface area contributed by atoms with Gasteiger partial charge in [-0.3, -0.25) is 9.59 Å². The number of halogens is 1. The highest BCUT2D eigenvalue weighted by Gasteiger charge is 2.17. The molecule has 110 valence electrons. The lowest BCUT2D eigenvalue weighted by Gasteiger charge is -2.15. The highest BCUT2D eigenvalue weighted by Crippen LogP contribution is 2.34. The number of fused-ring (bicyclic) bond motifs is 1. The van der Waals surface area contributed by atoms with Crippen LogP contribution in [0.1, 0.15) is 25.0 Å². The van der Waals surface area contributed by atoms with E-state index < -0.39 is 17.8 Å². The van der Waals surface area contributed by atoms with E-state index in [0.29, 0.717) is 28.3 Å². The van der Waals surface area contributed by atoms with Crippen molar-refractivity contribution in [2.75, 3.05) is 0 Å². The molecule has 0 fully saturated rings. The van der Waals surface area contributed by atoms with Gasteiger partial charge in [0.1, 0.15) is 11.6 Å². The van der Waals surface area contributed by atoms with Crippen molar-refractivity contribution in [3.05, 3.63) is 41.2 Å². The summed E-state index contributed by atoms with van der Waals surface area (Å²) in [7, 11) is 0. The molecule has 0 aliphatic heterocycles. The van der Waals surface area contributed by atoms with Gasteiger partial charge in [-0.15, -0.1) is 0 Å². The van der Waals surface area contributed by atoms with Crippen molar-refractivity contribution >= 4 is 22.7 Å². The number of carboxylic acids is 1. The van der Waals surface area contributed by atoms with Crippen LogP contribution < -0.4 is 4.74 Å². The Morgan fingerprint density at radius 3 is 2.57 bits per heavy atom. The van der Waals surface area contributed by atoms with Crippen molar-refractivity contribution in [1.29, 1.82) is 0 Å². The maximum absolute atomic E-state index is 13.5. The Bertz CT molecular complexity index is 722. The van der Waals surface area contributed by atoms with Crippen molar-refractivity contribution in [3.8, 4) is 5.75 Å². The second-order valence-electron chi connectivity index (χ2n) is 4.73. The number of carbonyl (C=O) groups is 2. The second-order valence-corrected chi connectivity index (χ2v) is 4.73. The Morgan fingerprint density at radius 1 is 1.29 bits per heavy atom. The molecule has 0 aromatic heterocycles. The van der Waals surface area contributed by atoms with Crippen LogP contribution in [-0.4, -0.2) is 17.0 Å². The fourth-order valence-corrected chi connectivity index (χ4v) is 2.40. The van der Waals surface area contributed by atoms with Gasteiger partial charge in [0.2, 0.25) is 0 Å². The number of carbonyl (C=O) groups excluding carboxylic acids is 1. The predicted molar refractivity (Wildman–Crippen MR) is 75.9 cm³/mol. The van der Waals surface area contributed by atoms with Crippen LogP contribution in [0.3, 0.4) is 0 Å². The summed E-state index contributed by atoms with van der Waals surface area (Å²) < 4.78 is 18.7. The average Bonchev–Trinajstić information content (AvgIpc) is 2.38. The molecule has 0 radical (unpaired) electrons. The number of aliphatic carboxylic acids is 1. The summed E-state index contributed by atoms with van der Waals surface area (Å²) in [5, 5.41) is 10.1. The summed E-state index contributed by atoms with van der Waals surface area (Å²) >= 11 is 0. The molecule has 4 nitrogen and oxygen atoms in total. The van der Waals surface area contributed by atoms with Gasteiger partial charge in [0.15, 0.2) is 0 Å². The zero-order valence-corrected chi connectivity index (χ0v) is 11.8. The minimum atomic E-state index is -0.972. The SMILES string of the molecule is CCc1c(CC(=O)O)cc2ccc(F)cc2c1OC(C)=O. The van der Waals surface area contributed by atoms with E-state index in [1.165, 1.54) is 19.1 Å². The number of esters is 1. The number of benzene rings is 2. The molecule has 0 unspecified atom stereocenters. The third-order valence-corrected chi connectivity index (χ3v) is 3.19. The van der Waals surface area contributed by atoms with Crippen LogP contribution in [0.15, 0.2) is 24.3 Å². The highest BCUT2D eigenvalue weighted by atomic mass is 19.1. The first-order chi connectivity index (χ1) is 9.92. The van der Waals surface area contributed by atoms with E-state index in [2.05, 4.69) is 0 Å². The first-order valence-electron chi connectivity index (χ1n) is 6.56. The lowest BCUT2D eigenvalue weighted by molar-refractivity contribution is -0.136. The molecule has 21 heavy (non-hydrogen) atoms. The minimum Gasteiger partial charge on any atom is -0.481 e. The molecule has 0 saturated carbocycles. The molecule has 0 heterocycles. The smallest absolute Gasteiger partial charge is 0.308 e. The summed E-state index contributed by atoms with van der Waals surface area (Å²) in [6, 6.07) is 5.82. The van der Waals surface area contributed by atoms with E-state index in [1.54, 1.807) is 12.1 Å². The van der Waals surface area contributed by atoms with Gasteiger partial charge in [-0.05, 0) is 35.1 Å². The fraction of sp³-hybridized carbons (Fsp3) is 0.250. The van der Waals surface area contributed by atoms with E-state index in [4.69, 9.17) is 9.84 Å². The number of ether oxygens (including phenoxy) is 1. The van der Waals surface area contributed by atoms with Crippen molar-refractivity contribution in [3.63, 3.8) is 0 Å². The molecule has 0 aliphatic rings. The first kappa shape index (κ1) is 15.0. The second kappa shape index (κ2) is 5.91. The Morgan fingerprint density at radius 2 is 2.00 bits per heavy atom. The molecule has 0 bridgehead atoms. The number of hydrogen-bond donors (Lipinski definition) is 1. The highest BCUT2D eigenvalue weighted by molar-refractivity contribution is 5.93. The van der Waals surface area contributed by atoms with Gasteiger partial charge >= 0.3 is 11.9 Å². The molecule has 0 atom stereocenters. The van der Waals surface area contributed by atoms with E-state index in [-0.39, 0.29) is 12.2 Å². The van der Waals surface area contributed by atoms with Crippen LogP contribution in [0, 0.1) is 5.82 Å². The molecule has 0 amide bonds. The van der Waals surface area contributed by atoms with Crippen LogP contribution in [0.4, 0.5) is 4.39 Å². The maximum Gasteiger partial charge on any atom is 0.308 e. The van der Waals surface area contributed by atoms with Crippen molar-refractivity contribution in [2.24, 2.45) is 0 Å². The molecular formula is C16H15FO4. The van der Waals surface area contributed by atoms with Gasteiger partial charge in [0.25, 0.3) is 0 Å². The Balaban J connectivity index is 2.78. The number of carboxylic acid groups (broad SMARTS) is 1. The minimum absolute atomic E-state index is 0.176. The van der Waals surface area contributed by atoms with Gasteiger partial charge in [-0.25, -0.2) is 4.39 Å². The summed E-state index contributed by atoms with van der Waals surface area (Å²) in [5.41, 5.74) is 1.19. The van der Waals surface area contributed by atoms with Gasteiger partial charge in [-0.1, -0.05) is 19.1 Å². The lowest BCUT2D eigenvalue weighted by atomic mass is 9.95. The van der Waals surface area contributed by atoms with Crippen molar-refractivity contribution in [2.45, 2.75) is 26.7 Å². The monoisotopic (exact) mass is 290 g/mol. The third kappa shape index (κ3) is 3.18. The van der Waals surface area contributed by atoms with E-state index in [1.807, 2.05) is 6.92 Å². The molecule has 1 N–H and O–H groups in total. The summed E-state index contributed by atoms with van der Waals surface area (Å²) in [6.07, 6.45) is 0.308. The molecule has 0 spiro atoms. The molecule has 2 rings (SSSR count). The van der Waals surface area contributed by atoms with Crippen LogP contribution in [0.25, 0.3) is 10.8 Å². The molecule has 0 aliphatic carbocycles. The summed E-state index contributed by atoms with van der Waals surface area (Å²) in [6.45, 7) is 3.09. The predicted octanol–water partition coefficient (Wildman–Crippen LogP) is 3.09. The summed E-state index contributed by atoms with van der Waals surface area (Å²) in [4.78, 5) is 22.3. The van der Waals surface area contributed by atoms with Crippen LogP contribution >= 0.6 is 0 Å². The normalized spacial score (nSPS) is 10.6. The molecule has 5 heteroatoms.